The first kappa shape index (κ1) is 16.1. The third kappa shape index (κ3) is 3.66. The van der Waals surface area contributed by atoms with Crippen LogP contribution in [-0.2, 0) is 9.84 Å². The van der Waals surface area contributed by atoms with Gasteiger partial charge in [-0.3, -0.25) is 0 Å². The zero-order chi connectivity index (χ0) is 15.6. The van der Waals surface area contributed by atoms with Crippen LogP contribution in [0.25, 0.3) is 0 Å². The standard InChI is InChI=1S/C14H21NO5S/c1-9(15-2)11-5-4-10(19-3)6-13(11)20-14-8-21(17,18)7-12(14)16/h4-6,9,12,14-16H,7-8H2,1-3H3. The minimum absolute atomic E-state index is 0.0288. The number of aliphatic hydroxyl groups is 1. The molecule has 1 aromatic rings. The summed E-state index contributed by atoms with van der Waals surface area (Å²) in [5, 5.41) is 13.0. The van der Waals surface area contributed by atoms with Crippen molar-refractivity contribution >= 4 is 9.84 Å². The van der Waals surface area contributed by atoms with Crippen molar-refractivity contribution in [2.45, 2.75) is 25.2 Å². The molecule has 0 saturated carbocycles. The first-order valence-electron chi connectivity index (χ1n) is 6.76. The molecule has 1 heterocycles. The number of ether oxygens (including phenoxy) is 2. The van der Waals surface area contributed by atoms with E-state index in [1.54, 1.807) is 13.2 Å². The lowest BCUT2D eigenvalue weighted by atomic mass is 10.1. The Bertz CT molecular complexity index is 601. The number of hydrogen-bond donors (Lipinski definition) is 2. The molecule has 0 bridgehead atoms. The molecule has 1 saturated heterocycles. The summed E-state index contributed by atoms with van der Waals surface area (Å²) in [7, 11) is 0.137. The van der Waals surface area contributed by atoms with Gasteiger partial charge in [0.1, 0.15) is 23.7 Å². The van der Waals surface area contributed by atoms with Crippen LogP contribution in [0.5, 0.6) is 11.5 Å². The number of rotatable bonds is 5. The fraction of sp³-hybridized carbons (Fsp3) is 0.571. The lowest BCUT2D eigenvalue weighted by molar-refractivity contribution is 0.0726. The van der Waals surface area contributed by atoms with Crippen molar-refractivity contribution in [2.24, 2.45) is 0 Å². The molecule has 118 valence electrons. The Hall–Kier alpha value is -1.31. The Morgan fingerprint density at radius 2 is 2.10 bits per heavy atom. The minimum Gasteiger partial charge on any atom is -0.497 e. The molecular formula is C14H21NO5S. The molecule has 0 aliphatic carbocycles. The van der Waals surface area contributed by atoms with E-state index in [4.69, 9.17) is 9.47 Å². The Morgan fingerprint density at radius 3 is 2.62 bits per heavy atom. The number of nitrogens with one attached hydrogen (secondary N) is 1. The van der Waals surface area contributed by atoms with Gasteiger partial charge in [-0.05, 0) is 20.0 Å². The van der Waals surface area contributed by atoms with Gasteiger partial charge in [-0.25, -0.2) is 8.42 Å². The predicted molar refractivity (Wildman–Crippen MR) is 79.5 cm³/mol. The molecule has 6 nitrogen and oxygen atoms in total. The summed E-state index contributed by atoms with van der Waals surface area (Å²) >= 11 is 0. The fourth-order valence-electron chi connectivity index (χ4n) is 2.33. The molecule has 1 aliphatic heterocycles. The Balaban J connectivity index is 2.29. The summed E-state index contributed by atoms with van der Waals surface area (Å²) in [6.45, 7) is 1.97. The largest absolute Gasteiger partial charge is 0.497 e. The summed E-state index contributed by atoms with van der Waals surface area (Å²) in [4.78, 5) is 0. The van der Waals surface area contributed by atoms with Crippen LogP contribution in [0.3, 0.4) is 0 Å². The normalized spacial score (nSPS) is 25.5. The highest BCUT2D eigenvalue weighted by atomic mass is 32.2. The molecule has 0 amide bonds. The van der Waals surface area contributed by atoms with Crippen LogP contribution in [0.4, 0.5) is 0 Å². The minimum atomic E-state index is -3.24. The van der Waals surface area contributed by atoms with E-state index < -0.39 is 22.0 Å². The first-order valence-corrected chi connectivity index (χ1v) is 8.59. The van der Waals surface area contributed by atoms with E-state index in [2.05, 4.69) is 5.32 Å². The van der Waals surface area contributed by atoms with Gasteiger partial charge >= 0.3 is 0 Å². The number of hydrogen-bond acceptors (Lipinski definition) is 6. The van der Waals surface area contributed by atoms with Crippen LogP contribution in [-0.4, -0.2) is 51.4 Å². The summed E-state index contributed by atoms with van der Waals surface area (Å²) in [5.41, 5.74) is 0.884. The van der Waals surface area contributed by atoms with Crippen LogP contribution in [0.1, 0.15) is 18.5 Å². The maximum atomic E-state index is 11.6. The van der Waals surface area contributed by atoms with Crippen LogP contribution < -0.4 is 14.8 Å². The van der Waals surface area contributed by atoms with Crippen molar-refractivity contribution in [3.63, 3.8) is 0 Å². The van der Waals surface area contributed by atoms with Gasteiger partial charge in [0.15, 0.2) is 9.84 Å². The van der Waals surface area contributed by atoms with Crippen molar-refractivity contribution in [3.05, 3.63) is 23.8 Å². The molecule has 2 N–H and O–H groups in total. The first-order chi connectivity index (χ1) is 9.86. The van der Waals surface area contributed by atoms with Crippen molar-refractivity contribution in [3.8, 4) is 11.5 Å². The van der Waals surface area contributed by atoms with Gasteiger partial charge in [0.25, 0.3) is 0 Å². The average Bonchev–Trinajstić information content (AvgIpc) is 2.70. The fourth-order valence-corrected chi connectivity index (χ4v) is 3.99. The van der Waals surface area contributed by atoms with E-state index in [0.717, 1.165) is 5.56 Å². The van der Waals surface area contributed by atoms with Crippen LogP contribution in [0.2, 0.25) is 0 Å². The maximum Gasteiger partial charge on any atom is 0.156 e. The smallest absolute Gasteiger partial charge is 0.156 e. The second-order valence-corrected chi connectivity index (χ2v) is 7.37. The number of aliphatic hydroxyl groups excluding tert-OH is 1. The number of methoxy groups -OCH3 is 1. The zero-order valence-corrected chi connectivity index (χ0v) is 13.2. The Kier molecular flexibility index (Phi) is 4.75. The molecule has 1 aliphatic rings. The van der Waals surface area contributed by atoms with E-state index in [1.807, 2.05) is 26.1 Å². The van der Waals surface area contributed by atoms with E-state index in [9.17, 15) is 13.5 Å². The third-order valence-corrected chi connectivity index (χ3v) is 5.36. The van der Waals surface area contributed by atoms with Crippen molar-refractivity contribution in [2.75, 3.05) is 25.7 Å². The lowest BCUT2D eigenvalue weighted by Gasteiger charge is -2.21. The molecular weight excluding hydrogens is 294 g/mol. The lowest BCUT2D eigenvalue weighted by Crippen LogP contribution is -2.30. The average molecular weight is 315 g/mol. The summed E-state index contributed by atoms with van der Waals surface area (Å²) in [6.07, 6.45) is -1.75. The zero-order valence-electron chi connectivity index (χ0n) is 12.4. The van der Waals surface area contributed by atoms with Crippen molar-refractivity contribution < 1.29 is 23.0 Å². The van der Waals surface area contributed by atoms with Gasteiger partial charge in [-0.2, -0.15) is 0 Å². The summed E-state index contributed by atoms with van der Waals surface area (Å²) < 4.78 is 34.1. The van der Waals surface area contributed by atoms with Gasteiger partial charge in [0.05, 0.1) is 18.6 Å². The molecule has 1 fully saturated rings. The number of benzene rings is 1. The molecule has 0 spiro atoms. The second kappa shape index (κ2) is 6.21. The van der Waals surface area contributed by atoms with E-state index in [0.29, 0.717) is 11.5 Å². The van der Waals surface area contributed by atoms with Crippen LogP contribution in [0, 0.1) is 0 Å². The summed E-state index contributed by atoms with van der Waals surface area (Å²) in [6, 6.07) is 5.42. The van der Waals surface area contributed by atoms with Crippen molar-refractivity contribution in [1.29, 1.82) is 0 Å². The SMILES string of the molecule is CNC(C)c1ccc(OC)cc1OC1CS(=O)(=O)CC1O. The van der Waals surface area contributed by atoms with Crippen molar-refractivity contribution in [1.82, 2.24) is 5.32 Å². The van der Waals surface area contributed by atoms with Crippen LogP contribution >= 0.6 is 0 Å². The van der Waals surface area contributed by atoms with Gasteiger partial charge < -0.3 is 19.9 Å². The van der Waals surface area contributed by atoms with Gasteiger partial charge in [-0.1, -0.05) is 6.07 Å². The molecule has 7 heteroatoms. The predicted octanol–water partition coefficient (Wildman–Crippen LogP) is 0.512. The second-order valence-electron chi connectivity index (χ2n) is 5.21. The summed E-state index contributed by atoms with van der Waals surface area (Å²) in [5.74, 6) is 0.724. The Morgan fingerprint density at radius 1 is 1.38 bits per heavy atom. The monoisotopic (exact) mass is 315 g/mol. The van der Waals surface area contributed by atoms with Gasteiger partial charge in [-0.15, -0.1) is 0 Å². The van der Waals surface area contributed by atoms with Crippen LogP contribution in [0.15, 0.2) is 18.2 Å². The molecule has 21 heavy (non-hydrogen) atoms. The quantitative estimate of drug-likeness (QED) is 0.824. The molecule has 0 radical (unpaired) electrons. The van der Waals surface area contributed by atoms with E-state index >= 15 is 0 Å². The highest BCUT2D eigenvalue weighted by molar-refractivity contribution is 7.91. The molecule has 2 rings (SSSR count). The Labute approximate surface area is 125 Å². The molecule has 3 atom stereocenters. The van der Waals surface area contributed by atoms with Gasteiger partial charge in [0.2, 0.25) is 0 Å². The van der Waals surface area contributed by atoms with E-state index in [-0.39, 0.29) is 17.5 Å². The number of sulfone groups is 1. The maximum absolute atomic E-state index is 11.6. The topological polar surface area (TPSA) is 84.9 Å². The highest BCUT2D eigenvalue weighted by Gasteiger charge is 2.38. The van der Waals surface area contributed by atoms with E-state index in [1.165, 1.54) is 0 Å². The van der Waals surface area contributed by atoms with Gasteiger partial charge in [0, 0.05) is 17.7 Å². The highest BCUT2D eigenvalue weighted by Crippen LogP contribution is 2.31. The molecule has 3 unspecified atom stereocenters. The molecule has 1 aromatic carbocycles. The molecule has 0 aromatic heterocycles. The third-order valence-electron chi connectivity index (χ3n) is 3.67.